The van der Waals surface area contributed by atoms with E-state index in [1.165, 1.54) is 36.9 Å². The Morgan fingerprint density at radius 2 is 1.19 bits per heavy atom. The van der Waals surface area contributed by atoms with Gasteiger partial charge in [0.2, 0.25) is 0 Å². The van der Waals surface area contributed by atoms with E-state index in [0.717, 1.165) is 30.3 Å². The van der Waals surface area contributed by atoms with Crippen LogP contribution < -0.4 is 0 Å². The van der Waals surface area contributed by atoms with Crippen LogP contribution in [0.1, 0.15) is 19.3 Å². The SMILES string of the molecule is COC(=O)c1sccc1-c1cc2sc(-c3ccsc3C(=O)OC)cc2s1. The van der Waals surface area contributed by atoms with Crippen LogP contribution in [0.15, 0.2) is 35.0 Å². The molecule has 0 radical (unpaired) electrons. The van der Waals surface area contributed by atoms with E-state index >= 15 is 0 Å². The topological polar surface area (TPSA) is 52.6 Å². The smallest absolute Gasteiger partial charge is 0.348 e. The summed E-state index contributed by atoms with van der Waals surface area (Å²) in [5.74, 6) is -0.623. The Morgan fingerprint density at radius 3 is 1.58 bits per heavy atom. The van der Waals surface area contributed by atoms with Crippen LogP contribution in [0.2, 0.25) is 0 Å². The van der Waals surface area contributed by atoms with Gasteiger partial charge in [-0.3, -0.25) is 0 Å². The third-order valence-corrected chi connectivity index (χ3v) is 7.96. The van der Waals surface area contributed by atoms with Crippen LogP contribution in [-0.2, 0) is 9.47 Å². The lowest BCUT2D eigenvalue weighted by atomic mass is 10.2. The van der Waals surface area contributed by atoms with Crippen molar-refractivity contribution in [2.24, 2.45) is 0 Å². The Labute approximate surface area is 165 Å². The van der Waals surface area contributed by atoms with Crippen molar-refractivity contribution in [3.05, 3.63) is 44.8 Å². The van der Waals surface area contributed by atoms with Crippen molar-refractivity contribution in [3.63, 3.8) is 0 Å². The zero-order valence-electron chi connectivity index (χ0n) is 13.7. The van der Waals surface area contributed by atoms with Crippen molar-refractivity contribution < 1.29 is 19.1 Å². The van der Waals surface area contributed by atoms with E-state index < -0.39 is 0 Å². The molecule has 8 heteroatoms. The van der Waals surface area contributed by atoms with Crippen LogP contribution in [0.25, 0.3) is 30.3 Å². The van der Waals surface area contributed by atoms with Crippen molar-refractivity contribution in [1.29, 1.82) is 0 Å². The summed E-state index contributed by atoms with van der Waals surface area (Å²) in [5.41, 5.74) is 1.81. The Balaban J connectivity index is 1.74. The molecule has 0 saturated heterocycles. The van der Waals surface area contributed by atoms with Crippen molar-refractivity contribution in [2.75, 3.05) is 14.2 Å². The van der Waals surface area contributed by atoms with E-state index in [1.807, 2.05) is 22.9 Å². The lowest BCUT2D eigenvalue weighted by Crippen LogP contribution is -1.99. The molecule has 0 aliphatic carbocycles. The number of fused-ring (bicyclic) bond motifs is 1. The molecule has 4 rings (SSSR count). The molecule has 4 aromatic heterocycles. The van der Waals surface area contributed by atoms with E-state index in [-0.39, 0.29) is 11.9 Å². The monoisotopic (exact) mass is 420 g/mol. The summed E-state index contributed by atoms with van der Waals surface area (Å²) < 4.78 is 12.0. The second-order valence-electron chi connectivity index (χ2n) is 5.26. The summed E-state index contributed by atoms with van der Waals surface area (Å²) in [7, 11) is 2.79. The highest BCUT2D eigenvalue weighted by molar-refractivity contribution is 7.31. The van der Waals surface area contributed by atoms with Gasteiger partial charge in [0.05, 0.1) is 14.2 Å². The predicted octanol–water partition coefficient (Wildman–Crippen LogP) is 5.99. The van der Waals surface area contributed by atoms with E-state index in [1.54, 1.807) is 22.7 Å². The highest BCUT2D eigenvalue weighted by Crippen LogP contribution is 2.44. The molecule has 4 heterocycles. The van der Waals surface area contributed by atoms with Gasteiger partial charge in [-0.1, -0.05) is 0 Å². The lowest BCUT2D eigenvalue weighted by molar-refractivity contribution is 0.0598. The molecule has 0 aromatic carbocycles. The van der Waals surface area contributed by atoms with Gasteiger partial charge in [-0.05, 0) is 35.0 Å². The number of hydrogen-bond donors (Lipinski definition) is 0. The van der Waals surface area contributed by atoms with Gasteiger partial charge in [-0.2, -0.15) is 0 Å². The second-order valence-corrected chi connectivity index (χ2v) is 9.26. The van der Waals surface area contributed by atoms with Crippen molar-refractivity contribution >= 4 is 66.7 Å². The molecule has 4 aromatic rings. The summed E-state index contributed by atoms with van der Waals surface area (Å²) in [5, 5.41) is 3.80. The number of thiophene rings is 4. The van der Waals surface area contributed by atoms with Crippen LogP contribution in [-0.4, -0.2) is 26.2 Å². The molecular formula is C18H12O4S4. The van der Waals surface area contributed by atoms with Gasteiger partial charge in [-0.25, -0.2) is 9.59 Å². The minimum atomic E-state index is -0.312. The molecule has 0 bridgehead atoms. The normalized spacial score (nSPS) is 11.0. The maximum absolute atomic E-state index is 11.9. The molecule has 4 nitrogen and oxygen atoms in total. The molecule has 0 spiro atoms. The van der Waals surface area contributed by atoms with Gasteiger partial charge in [0.25, 0.3) is 0 Å². The fraction of sp³-hybridized carbons (Fsp3) is 0.111. The molecule has 26 heavy (non-hydrogen) atoms. The third-order valence-electron chi connectivity index (χ3n) is 3.81. The molecule has 0 aliphatic heterocycles. The zero-order chi connectivity index (χ0) is 18.3. The first-order valence-corrected chi connectivity index (χ1v) is 10.9. The molecule has 132 valence electrons. The molecule has 0 aliphatic rings. The van der Waals surface area contributed by atoms with Crippen molar-refractivity contribution in [3.8, 4) is 20.9 Å². The number of esters is 2. The Kier molecular flexibility index (Phi) is 4.66. The van der Waals surface area contributed by atoms with Gasteiger partial charge in [0.1, 0.15) is 9.75 Å². The number of hydrogen-bond acceptors (Lipinski definition) is 8. The summed E-state index contributed by atoms with van der Waals surface area (Å²) in [4.78, 5) is 27.1. The fourth-order valence-corrected chi connectivity index (χ4v) is 6.85. The molecule has 0 fully saturated rings. The van der Waals surface area contributed by atoms with Crippen LogP contribution in [0.4, 0.5) is 0 Å². The molecule has 0 unspecified atom stereocenters. The first-order chi connectivity index (χ1) is 12.6. The van der Waals surface area contributed by atoms with Crippen molar-refractivity contribution in [1.82, 2.24) is 0 Å². The summed E-state index contributed by atoms with van der Waals surface area (Å²) in [6, 6.07) is 8.07. The Morgan fingerprint density at radius 1 is 0.769 bits per heavy atom. The Hall–Kier alpha value is -2.00. The minimum absolute atomic E-state index is 0.312. The summed E-state index contributed by atoms with van der Waals surface area (Å²) >= 11 is 6.03. The zero-order valence-corrected chi connectivity index (χ0v) is 17.0. The number of carbonyl (C=O) groups excluding carboxylic acids is 2. The van der Waals surface area contributed by atoms with E-state index in [9.17, 15) is 9.59 Å². The van der Waals surface area contributed by atoms with Crippen molar-refractivity contribution in [2.45, 2.75) is 0 Å². The van der Waals surface area contributed by atoms with Crippen LogP contribution in [0, 0.1) is 0 Å². The van der Waals surface area contributed by atoms with E-state index in [4.69, 9.17) is 9.47 Å². The number of ether oxygens (including phenoxy) is 2. The number of rotatable bonds is 4. The molecule has 0 N–H and O–H groups in total. The van der Waals surface area contributed by atoms with Gasteiger partial charge >= 0.3 is 11.9 Å². The quantitative estimate of drug-likeness (QED) is 0.380. The molecule has 0 atom stereocenters. The highest BCUT2D eigenvalue weighted by atomic mass is 32.1. The standard InChI is InChI=1S/C18H12O4S4/c1-21-17(19)15-9(3-5-23-15)11-7-13-14(25-11)8-12(26-13)10-4-6-24-16(10)18(20)22-2/h3-8H,1-2H3. The lowest BCUT2D eigenvalue weighted by Gasteiger charge is -2.00. The van der Waals surface area contributed by atoms with Crippen LogP contribution in [0.3, 0.4) is 0 Å². The van der Waals surface area contributed by atoms with E-state index in [0.29, 0.717) is 9.75 Å². The Bertz CT molecular complexity index is 996. The van der Waals surface area contributed by atoms with Gasteiger partial charge in [0, 0.05) is 30.3 Å². The fourth-order valence-electron chi connectivity index (χ4n) is 2.61. The highest BCUT2D eigenvalue weighted by Gasteiger charge is 2.20. The number of carbonyl (C=O) groups is 2. The maximum atomic E-state index is 11.9. The largest absolute Gasteiger partial charge is 0.465 e. The van der Waals surface area contributed by atoms with E-state index in [2.05, 4.69) is 12.1 Å². The van der Waals surface area contributed by atoms with Gasteiger partial charge in [-0.15, -0.1) is 45.3 Å². The summed E-state index contributed by atoms with van der Waals surface area (Å²) in [6.45, 7) is 0. The summed E-state index contributed by atoms with van der Waals surface area (Å²) in [6.07, 6.45) is 0. The second kappa shape index (κ2) is 6.96. The minimum Gasteiger partial charge on any atom is -0.465 e. The first kappa shape index (κ1) is 17.4. The molecular weight excluding hydrogens is 408 g/mol. The molecule has 0 amide bonds. The van der Waals surface area contributed by atoms with Gasteiger partial charge < -0.3 is 9.47 Å². The molecule has 0 saturated carbocycles. The first-order valence-electron chi connectivity index (χ1n) is 7.48. The maximum Gasteiger partial charge on any atom is 0.348 e. The predicted molar refractivity (Wildman–Crippen MR) is 109 cm³/mol. The average molecular weight is 421 g/mol. The van der Waals surface area contributed by atoms with Crippen LogP contribution in [0.5, 0.6) is 0 Å². The van der Waals surface area contributed by atoms with Crippen LogP contribution >= 0.6 is 45.3 Å². The average Bonchev–Trinajstić information content (AvgIpc) is 3.40. The third kappa shape index (κ3) is 2.88. The van der Waals surface area contributed by atoms with Gasteiger partial charge in [0.15, 0.2) is 0 Å². The number of methoxy groups -OCH3 is 2.